The van der Waals surface area contributed by atoms with Crippen LogP contribution in [0.4, 0.5) is 0 Å². The SMILES string of the molecule is COc1cc(OC)cc(-c2noc(C3CC(=O)N(CCc4ccccc4)C3)n2)c1. The first-order valence-corrected chi connectivity index (χ1v) is 9.55. The number of carbonyl (C=O) groups is 1. The standard InChI is InChI=1S/C22H23N3O4/c1-27-18-10-16(11-19(13-18)28-2)21-23-22(29-24-21)17-12-20(26)25(14-17)9-8-15-6-4-3-5-7-15/h3-7,10-11,13,17H,8-9,12,14H2,1-2H3. The Hall–Kier alpha value is -3.35. The van der Waals surface area contributed by atoms with Crippen LogP contribution in [0, 0.1) is 0 Å². The average Bonchev–Trinajstić information content (AvgIpc) is 3.39. The van der Waals surface area contributed by atoms with Gasteiger partial charge in [0.2, 0.25) is 17.6 Å². The molecule has 4 rings (SSSR count). The van der Waals surface area contributed by atoms with Gasteiger partial charge in [-0.15, -0.1) is 0 Å². The van der Waals surface area contributed by atoms with Gasteiger partial charge in [-0.05, 0) is 24.1 Å². The van der Waals surface area contributed by atoms with Gasteiger partial charge in [-0.2, -0.15) is 4.98 Å². The number of likely N-dealkylation sites (tertiary alicyclic amines) is 1. The zero-order valence-corrected chi connectivity index (χ0v) is 16.5. The largest absolute Gasteiger partial charge is 0.497 e. The summed E-state index contributed by atoms with van der Waals surface area (Å²) in [4.78, 5) is 18.8. The smallest absolute Gasteiger partial charge is 0.232 e. The van der Waals surface area contributed by atoms with Crippen LogP contribution in [0.2, 0.25) is 0 Å². The first kappa shape index (κ1) is 19.0. The molecule has 150 valence electrons. The number of aromatic nitrogens is 2. The summed E-state index contributed by atoms with van der Waals surface area (Å²) in [7, 11) is 3.18. The van der Waals surface area contributed by atoms with Crippen molar-refractivity contribution in [1.29, 1.82) is 0 Å². The second-order valence-corrected chi connectivity index (χ2v) is 7.03. The Bertz CT molecular complexity index is 964. The molecule has 0 N–H and O–H groups in total. The van der Waals surface area contributed by atoms with Gasteiger partial charge in [0.25, 0.3) is 0 Å². The Balaban J connectivity index is 1.45. The van der Waals surface area contributed by atoms with Crippen molar-refractivity contribution >= 4 is 5.91 Å². The Labute approximate surface area is 169 Å². The average molecular weight is 393 g/mol. The summed E-state index contributed by atoms with van der Waals surface area (Å²) < 4.78 is 16.1. The van der Waals surface area contributed by atoms with Crippen molar-refractivity contribution in [1.82, 2.24) is 15.0 Å². The lowest BCUT2D eigenvalue weighted by Crippen LogP contribution is -2.27. The van der Waals surface area contributed by atoms with Crippen molar-refractivity contribution in [2.45, 2.75) is 18.8 Å². The van der Waals surface area contributed by atoms with E-state index in [2.05, 4.69) is 22.3 Å². The van der Waals surface area contributed by atoms with E-state index in [1.54, 1.807) is 20.3 Å². The Morgan fingerprint density at radius 2 is 1.83 bits per heavy atom. The lowest BCUT2D eigenvalue weighted by atomic mass is 10.1. The van der Waals surface area contributed by atoms with Gasteiger partial charge in [-0.3, -0.25) is 4.79 Å². The van der Waals surface area contributed by atoms with Crippen LogP contribution in [-0.2, 0) is 11.2 Å². The lowest BCUT2D eigenvalue weighted by molar-refractivity contribution is -0.127. The zero-order chi connectivity index (χ0) is 20.2. The molecule has 1 amide bonds. The molecule has 7 heteroatoms. The number of benzene rings is 2. The molecule has 1 atom stereocenters. The van der Waals surface area contributed by atoms with E-state index in [9.17, 15) is 4.79 Å². The summed E-state index contributed by atoms with van der Waals surface area (Å²) in [6.45, 7) is 1.28. The van der Waals surface area contributed by atoms with E-state index >= 15 is 0 Å². The number of carbonyl (C=O) groups excluding carboxylic acids is 1. The van der Waals surface area contributed by atoms with E-state index in [-0.39, 0.29) is 11.8 Å². The van der Waals surface area contributed by atoms with Crippen LogP contribution in [0.3, 0.4) is 0 Å². The molecular formula is C22H23N3O4. The van der Waals surface area contributed by atoms with Crippen molar-refractivity contribution in [3.8, 4) is 22.9 Å². The molecule has 0 radical (unpaired) electrons. The van der Waals surface area contributed by atoms with E-state index in [4.69, 9.17) is 14.0 Å². The molecule has 0 saturated carbocycles. The Morgan fingerprint density at radius 1 is 1.10 bits per heavy atom. The van der Waals surface area contributed by atoms with Crippen molar-refractivity contribution in [2.75, 3.05) is 27.3 Å². The van der Waals surface area contributed by atoms with E-state index < -0.39 is 0 Å². The molecule has 0 bridgehead atoms. The number of hydrogen-bond donors (Lipinski definition) is 0. The van der Waals surface area contributed by atoms with Crippen LogP contribution in [0.15, 0.2) is 53.1 Å². The third kappa shape index (κ3) is 4.23. The molecule has 1 unspecified atom stereocenters. The number of methoxy groups -OCH3 is 2. The van der Waals surface area contributed by atoms with Gasteiger partial charge >= 0.3 is 0 Å². The molecule has 29 heavy (non-hydrogen) atoms. The topological polar surface area (TPSA) is 77.7 Å². The number of amides is 1. The van der Waals surface area contributed by atoms with E-state index in [0.717, 1.165) is 12.0 Å². The van der Waals surface area contributed by atoms with Gasteiger partial charge in [-0.25, -0.2) is 0 Å². The highest BCUT2D eigenvalue weighted by Crippen LogP contribution is 2.31. The molecule has 1 saturated heterocycles. The van der Waals surface area contributed by atoms with Crippen LogP contribution in [0.1, 0.15) is 23.8 Å². The monoisotopic (exact) mass is 393 g/mol. The minimum absolute atomic E-state index is 0.0907. The van der Waals surface area contributed by atoms with Crippen LogP contribution in [0.5, 0.6) is 11.5 Å². The molecule has 1 fully saturated rings. The quantitative estimate of drug-likeness (QED) is 0.613. The molecule has 1 aliphatic rings. The lowest BCUT2D eigenvalue weighted by Gasteiger charge is -2.15. The first-order chi connectivity index (χ1) is 14.2. The molecule has 0 aliphatic carbocycles. The Morgan fingerprint density at radius 3 is 2.52 bits per heavy atom. The molecule has 2 aromatic carbocycles. The highest BCUT2D eigenvalue weighted by atomic mass is 16.5. The van der Waals surface area contributed by atoms with Crippen molar-refractivity contribution < 1.29 is 18.8 Å². The molecule has 1 aromatic heterocycles. The Kier molecular flexibility index (Phi) is 5.46. The summed E-state index contributed by atoms with van der Waals surface area (Å²) in [5, 5.41) is 4.10. The fourth-order valence-corrected chi connectivity index (χ4v) is 3.52. The number of ether oxygens (including phenoxy) is 2. The maximum absolute atomic E-state index is 12.4. The number of nitrogens with zero attached hydrogens (tertiary/aromatic N) is 3. The summed E-state index contributed by atoms with van der Waals surface area (Å²) in [5.41, 5.74) is 1.96. The highest BCUT2D eigenvalue weighted by Gasteiger charge is 2.34. The molecule has 0 spiro atoms. The summed E-state index contributed by atoms with van der Waals surface area (Å²) >= 11 is 0. The van der Waals surface area contributed by atoms with Crippen LogP contribution in [0.25, 0.3) is 11.4 Å². The zero-order valence-electron chi connectivity index (χ0n) is 16.5. The highest BCUT2D eigenvalue weighted by molar-refractivity contribution is 5.79. The summed E-state index contributed by atoms with van der Waals surface area (Å²) in [6, 6.07) is 15.6. The fraction of sp³-hybridized carbons (Fsp3) is 0.318. The second-order valence-electron chi connectivity index (χ2n) is 7.03. The predicted molar refractivity (Wildman–Crippen MR) is 107 cm³/mol. The molecular weight excluding hydrogens is 370 g/mol. The minimum Gasteiger partial charge on any atom is -0.497 e. The van der Waals surface area contributed by atoms with Crippen LogP contribution < -0.4 is 9.47 Å². The van der Waals surface area contributed by atoms with Crippen molar-refractivity contribution in [2.24, 2.45) is 0 Å². The van der Waals surface area contributed by atoms with Crippen molar-refractivity contribution in [3.63, 3.8) is 0 Å². The predicted octanol–water partition coefficient (Wildman–Crippen LogP) is 3.31. The maximum Gasteiger partial charge on any atom is 0.232 e. The molecule has 2 heterocycles. The van der Waals surface area contributed by atoms with Gasteiger partial charge in [0, 0.05) is 31.1 Å². The second kappa shape index (κ2) is 8.34. The molecule has 1 aliphatic heterocycles. The summed E-state index contributed by atoms with van der Waals surface area (Å²) in [5.74, 6) is 2.26. The third-order valence-electron chi connectivity index (χ3n) is 5.13. The normalized spacial score (nSPS) is 16.3. The van der Waals surface area contributed by atoms with E-state index in [1.165, 1.54) is 5.56 Å². The van der Waals surface area contributed by atoms with Crippen molar-refractivity contribution in [3.05, 3.63) is 60.0 Å². The number of hydrogen-bond acceptors (Lipinski definition) is 6. The van der Waals surface area contributed by atoms with Gasteiger partial charge in [0.15, 0.2) is 0 Å². The van der Waals surface area contributed by atoms with Gasteiger partial charge in [0.05, 0.1) is 20.1 Å². The minimum atomic E-state index is -0.0907. The molecule has 7 nitrogen and oxygen atoms in total. The maximum atomic E-state index is 12.4. The molecule has 3 aromatic rings. The van der Waals surface area contributed by atoms with E-state index in [1.807, 2.05) is 35.2 Å². The van der Waals surface area contributed by atoms with Gasteiger partial charge < -0.3 is 18.9 Å². The van der Waals surface area contributed by atoms with Crippen LogP contribution in [-0.4, -0.2) is 48.3 Å². The first-order valence-electron chi connectivity index (χ1n) is 9.55. The third-order valence-corrected chi connectivity index (χ3v) is 5.13. The van der Waals surface area contributed by atoms with Gasteiger partial charge in [-0.1, -0.05) is 35.5 Å². The fourth-order valence-electron chi connectivity index (χ4n) is 3.52. The van der Waals surface area contributed by atoms with Gasteiger partial charge in [0.1, 0.15) is 11.5 Å². The van der Waals surface area contributed by atoms with E-state index in [0.29, 0.717) is 42.7 Å². The summed E-state index contributed by atoms with van der Waals surface area (Å²) in [6.07, 6.45) is 1.22. The van der Waals surface area contributed by atoms with Crippen LogP contribution >= 0.6 is 0 Å². The number of rotatable bonds is 7.